The Bertz CT molecular complexity index is 805. The molecule has 2 N–H and O–H groups in total. The Morgan fingerprint density at radius 3 is 2.57 bits per heavy atom. The lowest BCUT2D eigenvalue weighted by molar-refractivity contribution is 0.145. The molecule has 2 aromatic rings. The van der Waals surface area contributed by atoms with Gasteiger partial charge in [-0.1, -0.05) is 24.3 Å². The summed E-state index contributed by atoms with van der Waals surface area (Å²) in [5, 5.41) is 6.46. The summed E-state index contributed by atoms with van der Waals surface area (Å²) in [5.74, 6) is 1.31. The van der Waals surface area contributed by atoms with Crippen LogP contribution in [0.2, 0.25) is 0 Å². The van der Waals surface area contributed by atoms with E-state index in [-0.39, 0.29) is 41.6 Å². The SMILES string of the molecule is CN=C(NCc1ccc(C)cc1OCCOC)NCC(C)Oc1ccccc1F.I. The predicted molar refractivity (Wildman–Crippen MR) is 129 cm³/mol. The van der Waals surface area contributed by atoms with Gasteiger partial charge in [-0.2, -0.15) is 0 Å². The van der Waals surface area contributed by atoms with Gasteiger partial charge in [-0.3, -0.25) is 4.99 Å². The van der Waals surface area contributed by atoms with Crippen molar-refractivity contribution in [1.82, 2.24) is 10.6 Å². The number of methoxy groups -OCH3 is 1. The minimum atomic E-state index is -0.373. The number of aryl methyl sites for hydroxylation is 1. The average Bonchev–Trinajstić information content (AvgIpc) is 2.71. The molecule has 0 aliphatic rings. The molecule has 0 fully saturated rings. The van der Waals surface area contributed by atoms with Gasteiger partial charge in [0.2, 0.25) is 0 Å². The van der Waals surface area contributed by atoms with Crippen molar-refractivity contribution < 1.29 is 18.6 Å². The van der Waals surface area contributed by atoms with Gasteiger partial charge < -0.3 is 24.8 Å². The first-order valence-electron chi connectivity index (χ1n) is 9.60. The van der Waals surface area contributed by atoms with E-state index in [4.69, 9.17) is 14.2 Å². The van der Waals surface area contributed by atoms with E-state index in [1.165, 1.54) is 6.07 Å². The number of halogens is 2. The van der Waals surface area contributed by atoms with Crippen LogP contribution in [-0.4, -0.2) is 46.0 Å². The zero-order valence-electron chi connectivity index (χ0n) is 17.9. The molecule has 0 spiro atoms. The van der Waals surface area contributed by atoms with Gasteiger partial charge in [-0.25, -0.2) is 4.39 Å². The van der Waals surface area contributed by atoms with Crippen LogP contribution in [0.15, 0.2) is 47.5 Å². The van der Waals surface area contributed by atoms with Crippen molar-refractivity contribution in [2.45, 2.75) is 26.5 Å². The van der Waals surface area contributed by atoms with Crippen LogP contribution in [0, 0.1) is 12.7 Å². The smallest absolute Gasteiger partial charge is 0.191 e. The Morgan fingerprint density at radius 2 is 1.87 bits per heavy atom. The van der Waals surface area contributed by atoms with E-state index in [1.54, 1.807) is 32.4 Å². The van der Waals surface area contributed by atoms with E-state index < -0.39 is 0 Å². The van der Waals surface area contributed by atoms with Crippen LogP contribution in [0.4, 0.5) is 4.39 Å². The van der Waals surface area contributed by atoms with Crippen LogP contribution in [-0.2, 0) is 11.3 Å². The topological polar surface area (TPSA) is 64.1 Å². The molecule has 0 aliphatic carbocycles. The summed E-state index contributed by atoms with van der Waals surface area (Å²) in [6.45, 7) is 5.94. The number of hydrogen-bond acceptors (Lipinski definition) is 4. The molecule has 1 atom stereocenters. The molecule has 0 radical (unpaired) electrons. The highest BCUT2D eigenvalue weighted by Gasteiger charge is 2.10. The van der Waals surface area contributed by atoms with Gasteiger partial charge in [-0.15, -0.1) is 24.0 Å². The molecule has 8 heteroatoms. The fourth-order valence-electron chi connectivity index (χ4n) is 2.62. The van der Waals surface area contributed by atoms with Crippen molar-refractivity contribution >= 4 is 29.9 Å². The van der Waals surface area contributed by atoms with Crippen molar-refractivity contribution in [2.75, 3.05) is 33.9 Å². The van der Waals surface area contributed by atoms with Gasteiger partial charge in [-0.05, 0) is 37.6 Å². The van der Waals surface area contributed by atoms with Crippen LogP contribution in [0.1, 0.15) is 18.1 Å². The Labute approximate surface area is 195 Å². The van der Waals surface area contributed by atoms with E-state index in [0.717, 1.165) is 16.9 Å². The number of aliphatic imine (C=N–C) groups is 1. The number of benzene rings is 2. The highest BCUT2D eigenvalue weighted by atomic mass is 127. The Kier molecular flexibility index (Phi) is 12.1. The molecule has 30 heavy (non-hydrogen) atoms. The maximum atomic E-state index is 13.7. The summed E-state index contributed by atoms with van der Waals surface area (Å²) >= 11 is 0. The van der Waals surface area contributed by atoms with Crippen LogP contribution in [0.5, 0.6) is 11.5 Å². The zero-order chi connectivity index (χ0) is 21.1. The molecule has 6 nitrogen and oxygen atoms in total. The molecule has 0 aromatic heterocycles. The summed E-state index contributed by atoms with van der Waals surface area (Å²) in [4.78, 5) is 4.23. The van der Waals surface area contributed by atoms with Crippen LogP contribution >= 0.6 is 24.0 Å². The van der Waals surface area contributed by atoms with E-state index >= 15 is 0 Å². The highest BCUT2D eigenvalue weighted by Crippen LogP contribution is 2.20. The Hall–Kier alpha value is -2.07. The van der Waals surface area contributed by atoms with Gasteiger partial charge in [0.05, 0.1) is 13.2 Å². The molecule has 0 saturated heterocycles. The largest absolute Gasteiger partial charge is 0.491 e. The van der Waals surface area contributed by atoms with Gasteiger partial charge in [0.1, 0.15) is 18.5 Å². The normalized spacial score (nSPS) is 12.0. The van der Waals surface area contributed by atoms with E-state index in [1.807, 2.05) is 32.0 Å². The highest BCUT2D eigenvalue weighted by molar-refractivity contribution is 14.0. The molecule has 2 rings (SSSR count). The van der Waals surface area contributed by atoms with Crippen molar-refractivity contribution in [1.29, 1.82) is 0 Å². The molecule has 1 unspecified atom stereocenters. The third kappa shape index (κ3) is 8.74. The van der Waals surface area contributed by atoms with Gasteiger partial charge in [0.25, 0.3) is 0 Å². The number of rotatable bonds is 10. The van der Waals surface area contributed by atoms with Gasteiger partial charge in [0.15, 0.2) is 17.5 Å². The van der Waals surface area contributed by atoms with E-state index in [9.17, 15) is 4.39 Å². The third-order valence-corrected chi connectivity index (χ3v) is 4.16. The first-order chi connectivity index (χ1) is 14.0. The summed E-state index contributed by atoms with van der Waals surface area (Å²) in [5.41, 5.74) is 2.15. The molecule has 0 amide bonds. The van der Waals surface area contributed by atoms with E-state index in [2.05, 4.69) is 15.6 Å². The average molecular weight is 531 g/mol. The summed E-state index contributed by atoms with van der Waals surface area (Å²) in [6, 6.07) is 12.4. The molecular formula is C22H31FIN3O3. The zero-order valence-corrected chi connectivity index (χ0v) is 20.2. The number of guanidine groups is 1. The van der Waals surface area contributed by atoms with Crippen molar-refractivity contribution in [3.63, 3.8) is 0 Å². The Balaban J connectivity index is 0.00000450. The molecule has 2 aromatic carbocycles. The number of hydrogen-bond donors (Lipinski definition) is 2. The maximum absolute atomic E-state index is 13.7. The second kappa shape index (κ2) is 14.0. The second-order valence-corrected chi connectivity index (χ2v) is 6.62. The van der Waals surface area contributed by atoms with Crippen molar-refractivity contribution in [2.24, 2.45) is 4.99 Å². The van der Waals surface area contributed by atoms with Gasteiger partial charge in [0, 0.05) is 26.3 Å². The monoisotopic (exact) mass is 531 g/mol. The maximum Gasteiger partial charge on any atom is 0.191 e. The minimum absolute atomic E-state index is 0. The lowest BCUT2D eigenvalue weighted by atomic mass is 10.1. The first kappa shape index (κ1) is 26.0. The quantitative estimate of drug-likeness (QED) is 0.211. The number of para-hydroxylation sites is 1. The second-order valence-electron chi connectivity index (χ2n) is 6.62. The fourth-order valence-corrected chi connectivity index (χ4v) is 2.62. The van der Waals surface area contributed by atoms with E-state index in [0.29, 0.717) is 32.3 Å². The first-order valence-corrected chi connectivity index (χ1v) is 9.60. The Morgan fingerprint density at radius 1 is 1.10 bits per heavy atom. The van der Waals surface area contributed by atoms with Crippen molar-refractivity contribution in [3.8, 4) is 11.5 Å². The van der Waals surface area contributed by atoms with Crippen molar-refractivity contribution in [3.05, 3.63) is 59.4 Å². The summed E-state index contributed by atoms with van der Waals surface area (Å²) in [7, 11) is 3.34. The molecule has 166 valence electrons. The minimum Gasteiger partial charge on any atom is -0.491 e. The fraction of sp³-hybridized carbons (Fsp3) is 0.409. The summed E-state index contributed by atoms with van der Waals surface area (Å²) < 4.78 is 30.2. The number of nitrogens with one attached hydrogen (secondary N) is 2. The number of ether oxygens (including phenoxy) is 3. The lowest BCUT2D eigenvalue weighted by Crippen LogP contribution is -2.41. The summed E-state index contributed by atoms with van der Waals surface area (Å²) in [6.07, 6.45) is -0.238. The molecule has 0 saturated carbocycles. The molecule has 0 heterocycles. The van der Waals surface area contributed by atoms with Crippen LogP contribution in [0.25, 0.3) is 0 Å². The molecule has 0 bridgehead atoms. The predicted octanol–water partition coefficient (Wildman–Crippen LogP) is 3.91. The molecule has 0 aliphatic heterocycles. The van der Waals surface area contributed by atoms with Crippen LogP contribution < -0.4 is 20.1 Å². The number of nitrogens with zero attached hydrogens (tertiary/aromatic N) is 1. The van der Waals surface area contributed by atoms with Crippen LogP contribution in [0.3, 0.4) is 0 Å². The molecular weight excluding hydrogens is 500 g/mol. The standard InChI is InChI=1S/C22H30FN3O3.HI/c1-16-9-10-18(21(13-16)28-12-11-27-4)15-26-22(24-3)25-14-17(2)29-20-8-6-5-7-19(20)23;/h5-10,13,17H,11-12,14-15H2,1-4H3,(H2,24,25,26);1H. The van der Waals surface area contributed by atoms with Gasteiger partial charge >= 0.3 is 0 Å². The third-order valence-electron chi connectivity index (χ3n) is 4.16. The lowest BCUT2D eigenvalue weighted by Gasteiger charge is -2.19.